The van der Waals surface area contributed by atoms with E-state index in [-0.39, 0.29) is 11.9 Å². The minimum absolute atomic E-state index is 0.0831. The first kappa shape index (κ1) is 19.9. The predicted molar refractivity (Wildman–Crippen MR) is 118 cm³/mol. The molecule has 0 bridgehead atoms. The number of aromatic nitrogens is 1. The number of para-hydroxylation sites is 1. The summed E-state index contributed by atoms with van der Waals surface area (Å²) < 4.78 is 2.10. The largest absolute Gasteiger partial charge is 0.353 e. The van der Waals surface area contributed by atoms with Gasteiger partial charge in [0, 0.05) is 25.7 Å². The van der Waals surface area contributed by atoms with Gasteiger partial charge in [-0.15, -0.1) is 11.3 Å². The number of benzene rings is 2. The summed E-state index contributed by atoms with van der Waals surface area (Å²) in [7, 11) is 0. The monoisotopic (exact) mass is 422 g/mol. The van der Waals surface area contributed by atoms with Crippen LogP contribution in [0.4, 0.5) is 0 Å². The van der Waals surface area contributed by atoms with E-state index in [0.29, 0.717) is 11.3 Å². The second-order valence-electron chi connectivity index (χ2n) is 7.16. The minimum Gasteiger partial charge on any atom is -0.353 e. The summed E-state index contributed by atoms with van der Waals surface area (Å²) in [6.45, 7) is 2.83. The first-order valence-electron chi connectivity index (χ1n) is 9.69. The SMILES string of the molecule is N#Cc1ccc(CN2CCC(NC(=O)CSc3nc4ccccc4s3)CC2)cc1. The van der Waals surface area contributed by atoms with E-state index < -0.39 is 0 Å². The van der Waals surface area contributed by atoms with Crippen molar-refractivity contribution in [2.75, 3.05) is 18.8 Å². The molecule has 0 atom stereocenters. The quantitative estimate of drug-likeness (QED) is 0.607. The zero-order valence-electron chi connectivity index (χ0n) is 16.0. The molecule has 1 amide bonds. The summed E-state index contributed by atoms with van der Waals surface area (Å²) in [6, 6.07) is 18.2. The minimum atomic E-state index is 0.0831. The van der Waals surface area contributed by atoms with Gasteiger partial charge in [-0.05, 0) is 42.7 Å². The number of hydrogen-bond acceptors (Lipinski definition) is 6. The van der Waals surface area contributed by atoms with E-state index in [9.17, 15) is 4.79 Å². The molecule has 0 aliphatic carbocycles. The van der Waals surface area contributed by atoms with Gasteiger partial charge in [-0.2, -0.15) is 5.26 Å². The van der Waals surface area contributed by atoms with Crippen LogP contribution in [0, 0.1) is 11.3 Å². The lowest BCUT2D eigenvalue weighted by Crippen LogP contribution is -2.44. The van der Waals surface area contributed by atoms with Gasteiger partial charge in [0.15, 0.2) is 4.34 Å². The first-order valence-corrected chi connectivity index (χ1v) is 11.5. The first-order chi connectivity index (χ1) is 14.2. The molecule has 7 heteroatoms. The maximum atomic E-state index is 12.3. The Hall–Kier alpha value is -2.40. The Bertz CT molecular complexity index is 984. The number of thiazole rings is 1. The van der Waals surface area contributed by atoms with E-state index in [2.05, 4.69) is 27.3 Å². The summed E-state index contributed by atoms with van der Waals surface area (Å²) >= 11 is 3.15. The van der Waals surface area contributed by atoms with Crippen molar-refractivity contribution >= 4 is 39.2 Å². The van der Waals surface area contributed by atoms with E-state index in [1.165, 1.54) is 17.3 Å². The number of likely N-dealkylation sites (tertiary alicyclic amines) is 1. The molecule has 1 N–H and O–H groups in total. The Kier molecular flexibility index (Phi) is 6.45. The highest BCUT2D eigenvalue weighted by atomic mass is 32.2. The number of nitrogens with zero attached hydrogens (tertiary/aromatic N) is 3. The second-order valence-corrected chi connectivity index (χ2v) is 9.42. The number of piperidine rings is 1. The van der Waals surface area contributed by atoms with Crippen molar-refractivity contribution in [3.8, 4) is 6.07 Å². The smallest absolute Gasteiger partial charge is 0.230 e. The van der Waals surface area contributed by atoms with Crippen molar-refractivity contribution in [2.24, 2.45) is 0 Å². The van der Waals surface area contributed by atoms with Crippen LogP contribution >= 0.6 is 23.1 Å². The molecule has 29 heavy (non-hydrogen) atoms. The van der Waals surface area contributed by atoms with Crippen molar-refractivity contribution in [1.82, 2.24) is 15.2 Å². The van der Waals surface area contributed by atoms with Crippen LogP contribution in [-0.2, 0) is 11.3 Å². The number of nitriles is 1. The molecule has 0 unspecified atom stereocenters. The van der Waals surface area contributed by atoms with Crippen LogP contribution in [0.25, 0.3) is 10.2 Å². The third kappa shape index (κ3) is 5.36. The Morgan fingerprint density at radius 3 is 2.69 bits per heavy atom. The molecule has 1 aliphatic rings. The van der Waals surface area contributed by atoms with E-state index in [1.54, 1.807) is 11.3 Å². The van der Waals surface area contributed by atoms with Gasteiger partial charge in [0.25, 0.3) is 0 Å². The fraction of sp³-hybridized carbons (Fsp3) is 0.318. The van der Waals surface area contributed by atoms with E-state index in [4.69, 9.17) is 5.26 Å². The molecule has 2 aromatic carbocycles. The number of thioether (sulfide) groups is 1. The molecule has 0 saturated carbocycles. The Morgan fingerprint density at radius 1 is 1.21 bits per heavy atom. The van der Waals surface area contributed by atoms with Crippen molar-refractivity contribution < 1.29 is 4.79 Å². The van der Waals surface area contributed by atoms with Gasteiger partial charge in [-0.25, -0.2) is 4.98 Å². The molecule has 148 valence electrons. The van der Waals surface area contributed by atoms with Crippen molar-refractivity contribution in [3.05, 3.63) is 59.7 Å². The number of carbonyl (C=O) groups is 1. The highest BCUT2D eigenvalue weighted by Gasteiger charge is 2.21. The van der Waals surface area contributed by atoms with Crippen molar-refractivity contribution in [2.45, 2.75) is 29.8 Å². The number of amides is 1. The lowest BCUT2D eigenvalue weighted by atomic mass is 10.0. The Morgan fingerprint density at radius 2 is 1.97 bits per heavy atom. The van der Waals surface area contributed by atoms with Crippen LogP contribution in [0.15, 0.2) is 52.9 Å². The summed E-state index contributed by atoms with van der Waals surface area (Å²) in [6.07, 6.45) is 1.93. The molecule has 1 aliphatic heterocycles. The zero-order chi connectivity index (χ0) is 20.1. The second kappa shape index (κ2) is 9.40. The highest BCUT2D eigenvalue weighted by Crippen LogP contribution is 2.29. The Labute approximate surface area is 178 Å². The Balaban J connectivity index is 1.19. The number of fused-ring (bicyclic) bond motifs is 1. The molecule has 4 rings (SSSR count). The van der Waals surface area contributed by atoms with Gasteiger partial charge in [-0.3, -0.25) is 9.69 Å². The van der Waals surface area contributed by atoms with E-state index >= 15 is 0 Å². The fourth-order valence-corrected chi connectivity index (χ4v) is 5.37. The average Bonchev–Trinajstić information content (AvgIpc) is 3.17. The van der Waals surface area contributed by atoms with E-state index in [0.717, 1.165) is 47.0 Å². The molecule has 1 aromatic heterocycles. The highest BCUT2D eigenvalue weighted by molar-refractivity contribution is 8.01. The van der Waals surface area contributed by atoms with Crippen LogP contribution in [-0.4, -0.2) is 40.7 Å². The molecule has 0 radical (unpaired) electrons. The summed E-state index contributed by atoms with van der Waals surface area (Å²) in [5.41, 5.74) is 2.91. The number of nitrogens with one attached hydrogen (secondary N) is 1. The van der Waals surface area contributed by atoms with Crippen LogP contribution in [0.1, 0.15) is 24.0 Å². The summed E-state index contributed by atoms with van der Waals surface area (Å²) in [5.74, 6) is 0.491. The standard InChI is InChI=1S/C22H22N4OS2/c23-13-16-5-7-17(8-6-16)14-26-11-9-18(10-12-26)24-21(27)15-28-22-25-19-3-1-2-4-20(19)29-22/h1-8,18H,9-12,14-15H2,(H,24,27). The normalized spacial score (nSPS) is 15.3. The summed E-state index contributed by atoms with van der Waals surface area (Å²) in [5, 5.41) is 12.1. The molecule has 3 aromatic rings. The van der Waals surface area contributed by atoms with Crippen molar-refractivity contribution in [1.29, 1.82) is 5.26 Å². The van der Waals surface area contributed by atoms with Gasteiger partial charge in [-0.1, -0.05) is 36.0 Å². The number of hydrogen-bond donors (Lipinski definition) is 1. The van der Waals surface area contributed by atoms with Gasteiger partial charge in [0.1, 0.15) is 0 Å². The maximum Gasteiger partial charge on any atom is 0.230 e. The zero-order valence-corrected chi connectivity index (χ0v) is 17.6. The molecule has 1 saturated heterocycles. The van der Waals surface area contributed by atoms with Crippen LogP contribution in [0.2, 0.25) is 0 Å². The van der Waals surface area contributed by atoms with Gasteiger partial charge in [0.05, 0.1) is 27.6 Å². The van der Waals surface area contributed by atoms with Gasteiger partial charge in [0.2, 0.25) is 5.91 Å². The number of carbonyl (C=O) groups excluding carboxylic acids is 1. The summed E-state index contributed by atoms with van der Waals surface area (Å²) in [4.78, 5) is 19.3. The third-order valence-electron chi connectivity index (χ3n) is 5.04. The molecular formula is C22H22N4OS2. The van der Waals surface area contributed by atoms with Gasteiger partial charge >= 0.3 is 0 Å². The predicted octanol–water partition coefficient (Wildman–Crippen LogP) is 4.04. The molecule has 5 nitrogen and oxygen atoms in total. The average molecular weight is 423 g/mol. The lowest BCUT2D eigenvalue weighted by Gasteiger charge is -2.32. The van der Waals surface area contributed by atoms with E-state index in [1.807, 2.05) is 42.5 Å². The van der Waals surface area contributed by atoms with Crippen LogP contribution in [0.3, 0.4) is 0 Å². The topological polar surface area (TPSA) is 69.0 Å². The number of rotatable bonds is 6. The molecule has 2 heterocycles. The van der Waals surface area contributed by atoms with Crippen LogP contribution in [0.5, 0.6) is 0 Å². The fourth-order valence-electron chi connectivity index (χ4n) is 3.49. The molecule has 0 spiro atoms. The molecular weight excluding hydrogens is 400 g/mol. The van der Waals surface area contributed by atoms with Crippen molar-refractivity contribution in [3.63, 3.8) is 0 Å². The maximum absolute atomic E-state index is 12.3. The third-order valence-corrected chi connectivity index (χ3v) is 7.22. The van der Waals surface area contributed by atoms with Gasteiger partial charge < -0.3 is 5.32 Å². The lowest BCUT2D eigenvalue weighted by molar-refractivity contribution is -0.119. The van der Waals surface area contributed by atoms with Crippen LogP contribution < -0.4 is 5.32 Å². The molecule has 1 fully saturated rings.